The summed E-state index contributed by atoms with van der Waals surface area (Å²) >= 11 is 5.94. The van der Waals surface area contributed by atoms with Gasteiger partial charge in [-0.2, -0.15) is 0 Å². The van der Waals surface area contributed by atoms with Crippen LogP contribution in [0, 0.1) is 0 Å². The van der Waals surface area contributed by atoms with E-state index in [1.807, 2.05) is 20.8 Å². The average Bonchev–Trinajstić information content (AvgIpc) is 2.46. The minimum atomic E-state index is 0.127. The lowest BCUT2D eigenvalue weighted by molar-refractivity contribution is -0.130. The fourth-order valence-electron chi connectivity index (χ4n) is 1.85. The molecule has 0 bridgehead atoms. The third kappa shape index (κ3) is 6.27. The van der Waals surface area contributed by atoms with Crippen molar-refractivity contribution in [2.24, 2.45) is 0 Å². The van der Waals surface area contributed by atoms with E-state index in [1.165, 1.54) is 0 Å². The van der Waals surface area contributed by atoms with Crippen LogP contribution in [-0.2, 0) is 16.1 Å². The molecule has 1 aromatic rings. The molecule has 0 fully saturated rings. The molecule has 0 aliphatic carbocycles. The zero-order valence-electron chi connectivity index (χ0n) is 12.9. The van der Waals surface area contributed by atoms with Crippen LogP contribution in [-0.4, -0.2) is 47.0 Å². The topological polar surface area (TPSA) is 67.3 Å². The van der Waals surface area contributed by atoms with Crippen molar-refractivity contribution in [1.82, 2.24) is 14.9 Å². The Morgan fingerprint density at radius 3 is 2.67 bits per heavy atom. The summed E-state index contributed by atoms with van der Waals surface area (Å²) in [5, 5.41) is 3.46. The van der Waals surface area contributed by atoms with Crippen LogP contribution >= 0.6 is 11.6 Å². The highest BCUT2D eigenvalue weighted by Crippen LogP contribution is 2.12. The maximum atomic E-state index is 11.9. The van der Waals surface area contributed by atoms with Crippen LogP contribution < -0.4 is 5.32 Å². The van der Waals surface area contributed by atoms with Gasteiger partial charge in [-0.3, -0.25) is 4.79 Å². The molecule has 0 aromatic carbocycles. The summed E-state index contributed by atoms with van der Waals surface area (Å²) in [6.07, 6.45) is 0.421. The van der Waals surface area contributed by atoms with E-state index in [9.17, 15) is 4.79 Å². The molecular weight excluding hydrogens is 292 g/mol. The summed E-state index contributed by atoms with van der Waals surface area (Å²) < 4.78 is 5.26. The van der Waals surface area contributed by atoms with Crippen molar-refractivity contribution < 1.29 is 9.53 Å². The fourth-order valence-corrected chi connectivity index (χ4v) is 2.05. The molecule has 0 aliphatic heterocycles. The lowest BCUT2D eigenvalue weighted by Gasteiger charge is -2.18. The number of halogens is 1. The molecule has 1 rings (SSSR count). The number of amides is 1. The third-order valence-corrected chi connectivity index (χ3v) is 3.13. The molecule has 0 spiro atoms. The van der Waals surface area contributed by atoms with Gasteiger partial charge in [-0.25, -0.2) is 9.97 Å². The normalized spacial score (nSPS) is 10.5. The molecule has 1 amide bonds. The first-order valence-electron chi connectivity index (χ1n) is 7.23. The Morgan fingerprint density at radius 1 is 1.33 bits per heavy atom. The van der Waals surface area contributed by atoms with Gasteiger partial charge in [-0.1, -0.05) is 11.6 Å². The Morgan fingerprint density at radius 2 is 2.05 bits per heavy atom. The molecular formula is C14H23ClN4O2. The Hall–Kier alpha value is -1.40. The number of carbonyl (C=O) groups is 1. The van der Waals surface area contributed by atoms with Gasteiger partial charge in [-0.15, -0.1) is 0 Å². The van der Waals surface area contributed by atoms with E-state index in [4.69, 9.17) is 16.3 Å². The summed E-state index contributed by atoms with van der Waals surface area (Å²) in [6, 6.07) is 1.64. The number of hydrogen-bond donors (Lipinski definition) is 1. The molecule has 0 saturated heterocycles. The molecule has 0 atom stereocenters. The van der Waals surface area contributed by atoms with Crippen molar-refractivity contribution in [2.75, 3.05) is 31.6 Å². The maximum Gasteiger partial charge on any atom is 0.224 e. The van der Waals surface area contributed by atoms with Crippen LogP contribution in [0.1, 0.15) is 33.0 Å². The van der Waals surface area contributed by atoms with Crippen molar-refractivity contribution in [3.05, 3.63) is 17.0 Å². The van der Waals surface area contributed by atoms with Crippen molar-refractivity contribution >= 4 is 23.3 Å². The fraction of sp³-hybridized carbons (Fsp3) is 0.643. The molecule has 1 N–H and O–H groups in total. The molecule has 0 aliphatic rings. The summed E-state index contributed by atoms with van der Waals surface area (Å²) in [6.45, 7) is 8.73. The van der Waals surface area contributed by atoms with Crippen LogP contribution in [0.2, 0.25) is 5.15 Å². The lowest BCUT2D eigenvalue weighted by Crippen LogP contribution is -2.31. The molecule has 1 heterocycles. The quantitative estimate of drug-likeness (QED) is 0.709. The molecule has 6 nitrogen and oxygen atoms in total. The average molecular weight is 315 g/mol. The molecule has 1 aromatic heterocycles. The minimum Gasteiger partial charge on any atom is -0.374 e. The van der Waals surface area contributed by atoms with E-state index in [2.05, 4.69) is 15.3 Å². The number of nitrogens with one attached hydrogen (secondary N) is 1. The van der Waals surface area contributed by atoms with E-state index in [-0.39, 0.29) is 5.91 Å². The van der Waals surface area contributed by atoms with Crippen molar-refractivity contribution in [2.45, 2.75) is 33.8 Å². The molecule has 0 saturated carbocycles. The van der Waals surface area contributed by atoms with Gasteiger partial charge in [0.15, 0.2) is 5.82 Å². The van der Waals surface area contributed by atoms with Gasteiger partial charge in [0.2, 0.25) is 5.91 Å². The monoisotopic (exact) mass is 314 g/mol. The van der Waals surface area contributed by atoms with E-state index in [0.29, 0.717) is 43.0 Å². The highest BCUT2D eigenvalue weighted by atomic mass is 35.5. The lowest BCUT2D eigenvalue weighted by atomic mass is 10.3. The van der Waals surface area contributed by atoms with Gasteiger partial charge in [0.25, 0.3) is 0 Å². The predicted molar refractivity (Wildman–Crippen MR) is 83.4 cm³/mol. The highest BCUT2D eigenvalue weighted by molar-refractivity contribution is 6.29. The molecule has 118 valence electrons. The Balaban J connectivity index is 2.51. The Bertz CT molecular complexity index is 453. The predicted octanol–water partition coefficient (Wildman–Crippen LogP) is 2.34. The SMILES string of the molecule is CCOCc1nc(Cl)cc(NCCC(=O)N(CC)CC)n1. The second-order valence-electron chi connectivity index (χ2n) is 4.37. The van der Waals surface area contributed by atoms with E-state index in [0.717, 1.165) is 13.1 Å². The van der Waals surface area contributed by atoms with E-state index in [1.54, 1.807) is 11.0 Å². The first-order valence-corrected chi connectivity index (χ1v) is 7.61. The summed E-state index contributed by atoms with van der Waals surface area (Å²) in [5.74, 6) is 1.26. The summed E-state index contributed by atoms with van der Waals surface area (Å²) in [5.41, 5.74) is 0. The zero-order chi connectivity index (χ0) is 15.7. The molecule has 7 heteroatoms. The van der Waals surface area contributed by atoms with Gasteiger partial charge < -0.3 is 15.0 Å². The van der Waals surface area contributed by atoms with E-state index < -0.39 is 0 Å². The van der Waals surface area contributed by atoms with Crippen molar-refractivity contribution in [1.29, 1.82) is 0 Å². The van der Waals surface area contributed by atoms with Gasteiger partial charge in [0.05, 0.1) is 0 Å². The molecule has 21 heavy (non-hydrogen) atoms. The largest absolute Gasteiger partial charge is 0.374 e. The Kier molecular flexibility index (Phi) is 8.00. The number of anilines is 1. The van der Waals surface area contributed by atoms with Gasteiger partial charge >= 0.3 is 0 Å². The number of hydrogen-bond acceptors (Lipinski definition) is 5. The molecule has 0 radical (unpaired) electrons. The van der Waals surface area contributed by atoms with Crippen LogP contribution in [0.5, 0.6) is 0 Å². The third-order valence-electron chi connectivity index (χ3n) is 2.94. The first-order chi connectivity index (χ1) is 10.1. The second kappa shape index (κ2) is 9.52. The highest BCUT2D eigenvalue weighted by Gasteiger charge is 2.09. The van der Waals surface area contributed by atoms with Crippen LogP contribution in [0.25, 0.3) is 0 Å². The number of nitrogens with zero attached hydrogens (tertiary/aromatic N) is 3. The number of carbonyl (C=O) groups excluding carboxylic acids is 1. The number of aromatic nitrogens is 2. The zero-order valence-corrected chi connectivity index (χ0v) is 13.6. The van der Waals surface area contributed by atoms with Crippen LogP contribution in [0.15, 0.2) is 6.07 Å². The smallest absolute Gasteiger partial charge is 0.224 e. The standard InChI is InChI=1S/C14H23ClN4O2/c1-4-19(5-2)14(20)7-8-16-12-9-11(15)17-13(18-12)10-21-6-3/h9H,4-8,10H2,1-3H3,(H,16,17,18). The summed E-state index contributed by atoms with van der Waals surface area (Å²) in [4.78, 5) is 22.1. The summed E-state index contributed by atoms with van der Waals surface area (Å²) in [7, 11) is 0. The van der Waals surface area contributed by atoms with Gasteiger partial charge in [0, 0.05) is 38.7 Å². The second-order valence-corrected chi connectivity index (χ2v) is 4.76. The van der Waals surface area contributed by atoms with Gasteiger partial charge in [0.1, 0.15) is 17.6 Å². The molecule has 0 unspecified atom stereocenters. The Labute approximate surface area is 130 Å². The maximum absolute atomic E-state index is 11.9. The number of ether oxygens (including phenoxy) is 1. The first kappa shape index (κ1) is 17.7. The van der Waals surface area contributed by atoms with Crippen molar-refractivity contribution in [3.8, 4) is 0 Å². The van der Waals surface area contributed by atoms with Crippen LogP contribution in [0.3, 0.4) is 0 Å². The van der Waals surface area contributed by atoms with Gasteiger partial charge in [-0.05, 0) is 20.8 Å². The van der Waals surface area contributed by atoms with Crippen molar-refractivity contribution in [3.63, 3.8) is 0 Å². The number of rotatable bonds is 9. The minimum absolute atomic E-state index is 0.127. The van der Waals surface area contributed by atoms with E-state index >= 15 is 0 Å². The van der Waals surface area contributed by atoms with Crippen LogP contribution in [0.4, 0.5) is 5.82 Å².